The molecule has 0 saturated carbocycles. The van der Waals surface area contributed by atoms with Crippen LogP contribution in [0.2, 0.25) is 0 Å². The van der Waals surface area contributed by atoms with Crippen molar-refractivity contribution in [2.45, 2.75) is 18.9 Å². The molecule has 1 saturated heterocycles. The van der Waals surface area contributed by atoms with E-state index in [0.717, 1.165) is 19.4 Å². The van der Waals surface area contributed by atoms with Gasteiger partial charge in [0.05, 0.1) is 24.0 Å². The Hall–Kier alpha value is -1.29. The molecule has 1 fully saturated rings. The number of benzene rings is 1. The first-order chi connectivity index (χ1) is 7.22. The Bertz CT molecular complexity index is 356. The van der Waals surface area contributed by atoms with Crippen LogP contribution in [0.1, 0.15) is 12.8 Å². The number of hydrogen-bond acceptors (Lipinski definition) is 3. The van der Waals surface area contributed by atoms with Crippen LogP contribution in [0.4, 0.5) is 15.8 Å². The highest BCUT2D eigenvalue weighted by molar-refractivity contribution is 5.68. The van der Waals surface area contributed by atoms with Crippen LogP contribution in [0.3, 0.4) is 0 Å². The highest BCUT2D eigenvalue weighted by Crippen LogP contribution is 2.30. The van der Waals surface area contributed by atoms with Gasteiger partial charge in [-0.3, -0.25) is 0 Å². The van der Waals surface area contributed by atoms with Gasteiger partial charge in [-0.1, -0.05) is 0 Å². The second-order valence-electron chi connectivity index (χ2n) is 3.88. The normalized spacial score (nSPS) is 20.9. The molecule has 1 aliphatic heterocycles. The summed E-state index contributed by atoms with van der Waals surface area (Å²) < 4.78 is 13.1. The fraction of sp³-hybridized carbons (Fsp3) is 0.455. The number of nitrogen functional groups attached to an aromatic ring is 1. The molecule has 1 aromatic carbocycles. The van der Waals surface area contributed by atoms with Gasteiger partial charge >= 0.3 is 0 Å². The standard InChI is InChI=1S/C11H15FN2O/c12-8-3-4-10(13)11(6-8)14-5-1-2-9(14)7-15/h3-4,6,9,15H,1-2,5,7,13H2. The van der Waals surface area contributed by atoms with Crippen molar-refractivity contribution < 1.29 is 9.50 Å². The molecule has 0 bridgehead atoms. The molecular formula is C11H15FN2O. The zero-order chi connectivity index (χ0) is 10.8. The monoisotopic (exact) mass is 210 g/mol. The van der Waals surface area contributed by atoms with Crippen molar-refractivity contribution in [2.24, 2.45) is 0 Å². The van der Waals surface area contributed by atoms with Gasteiger partial charge in [-0.25, -0.2) is 4.39 Å². The minimum Gasteiger partial charge on any atom is -0.397 e. The Morgan fingerprint density at radius 1 is 1.53 bits per heavy atom. The van der Waals surface area contributed by atoms with Crippen LogP contribution >= 0.6 is 0 Å². The summed E-state index contributed by atoms with van der Waals surface area (Å²) in [6, 6.07) is 4.43. The maximum absolute atomic E-state index is 13.1. The molecule has 3 nitrogen and oxygen atoms in total. The highest BCUT2D eigenvalue weighted by atomic mass is 19.1. The summed E-state index contributed by atoms with van der Waals surface area (Å²) in [7, 11) is 0. The van der Waals surface area contributed by atoms with E-state index >= 15 is 0 Å². The fourth-order valence-corrected chi connectivity index (χ4v) is 2.11. The molecule has 1 aromatic rings. The number of anilines is 2. The Morgan fingerprint density at radius 2 is 2.33 bits per heavy atom. The van der Waals surface area contributed by atoms with Crippen LogP contribution in [-0.2, 0) is 0 Å². The van der Waals surface area contributed by atoms with Crippen molar-refractivity contribution in [2.75, 3.05) is 23.8 Å². The topological polar surface area (TPSA) is 49.5 Å². The molecule has 3 N–H and O–H groups in total. The number of halogens is 1. The molecule has 1 atom stereocenters. The lowest BCUT2D eigenvalue weighted by molar-refractivity contribution is 0.266. The van der Waals surface area contributed by atoms with Crippen LogP contribution in [0.15, 0.2) is 18.2 Å². The van der Waals surface area contributed by atoms with Crippen molar-refractivity contribution in [1.29, 1.82) is 0 Å². The van der Waals surface area contributed by atoms with Gasteiger partial charge in [-0.15, -0.1) is 0 Å². The van der Waals surface area contributed by atoms with Crippen molar-refractivity contribution in [3.05, 3.63) is 24.0 Å². The Morgan fingerprint density at radius 3 is 3.07 bits per heavy atom. The van der Waals surface area contributed by atoms with E-state index in [2.05, 4.69) is 0 Å². The Balaban J connectivity index is 2.31. The maximum atomic E-state index is 13.1. The third kappa shape index (κ3) is 1.90. The van der Waals surface area contributed by atoms with Crippen LogP contribution < -0.4 is 10.6 Å². The van der Waals surface area contributed by atoms with Crippen LogP contribution in [0.5, 0.6) is 0 Å². The van der Waals surface area contributed by atoms with E-state index in [1.54, 1.807) is 6.07 Å². The SMILES string of the molecule is Nc1ccc(F)cc1N1CCCC1CO. The molecular weight excluding hydrogens is 195 g/mol. The molecule has 1 unspecified atom stereocenters. The van der Waals surface area contributed by atoms with Gasteiger partial charge in [0, 0.05) is 6.54 Å². The van der Waals surface area contributed by atoms with Crippen LogP contribution in [-0.4, -0.2) is 24.3 Å². The number of hydrogen-bond donors (Lipinski definition) is 2. The van der Waals surface area contributed by atoms with E-state index in [0.29, 0.717) is 11.4 Å². The lowest BCUT2D eigenvalue weighted by Crippen LogP contribution is -2.32. The first kappa shape index (κ1) is 10.2. The molecule has 0 aromatic heterocycles. The molecule has 0 spiro atoms. The summed E-state index contributed by atoms with van der Waals surface area (Å²) in [5.41, 5.74) is 7.06. The summed E-state index contributed by atoms with van der Waals surface area (Å²) in [5.74, 6) is -0.289. The quantitative estimate of drug-likeness (QED) is 0.725. The average molecular weight is 210 g/mol. The zero-order valence-electron chi connectivity index (χ0n) is 8.49. The van der Waals surface area contributed by atoms with Crippen LogP contribution in [0, 0.1) is 5.82 Å². The molecule has 1 aliphatic rings. The van der Waals surface area contributed by atoms with Gasteiger partial charge in [0.2, 0.25) is 0 Å². The van der Waals surface area contributed by atoms with E-state index in [1.165, 1.54) is 12.1 Å². The van der Waals surface area contributed by atoms with E-state index in [4.69, 9.17) is 5.73 Å². The van der Waals surface area contributed by atoms with Crippen molar-refractivity contribution >= 4 is 11.4 Å². The average Bonchev–Trinajstić information content (AvgIpc) is 2.69. The summed E-state index contributed by atoms with van der Waals surface area (Å²) in [6.45, 7) is 0.925. The lowest BCUT2D eigenvalue weighted by atomic mass is 10.2. The van der Waals surface area contributed by atoms with E-state index in [9.17, 15) is 9.50 Å². The Kier molecular flexibility index (Phi) is 2.77. The molecule has 1 heterocycles. The first-order valence-corrected chi connectivity index (χ1v) is 5.15. The third-order valence-electron chi connectivity index (χ3n) is 2.89. The number of rotatable bonds is 2. The highest BCUT2D eigenvalue weighted by Gasteiger charge is 2.25. The van der Waals surface area contributed by atoms with Crippen LogP contribution in [0.25, 0.3) is 0 Å². The van der Waals surface area contributed by atoms with Gasteiger partial charge in [0.15, 0.2) is 0 Å². The van der Waals surface area contributed by atoms with Gasteiger partial charge in [-0.2, -0.15) is 0 Å². The zero-order valence-corrected chi connectivity index (χ0v) is 8.49. The summed E-state index contributed by atoms with van der Waals surface area (Å²) >= 11 is 0. The molecule has 15 heavy (non-hydrogen) atoms. The van der Waals surface area contributed by atoms with Crippen molar-refractivity contribution in [3.63, 3.8) is 0 Å². The number of aliphatic hydroxyl groups is 1. The molecule has 82 valence electrons. The summed E-state index contributed by atoms with van der Waals surface area (Å²) in [6.07, 6.45) is 1.95. The molecule has 0 radical (unpaired) electrons. The lowest BCUT2D eigenvalue weighted by Gasteiger charge is -2.26. The van der Waals surface area contributed by atoms with Crippen molar-refractivity contribution in [1.82, 2.24) is 0 Å². The fourth-order valence-electron chi connectivity index (χ4n) is 2.11. The number of aliphatic hydroxyl groups excluding tert-OH is 1. The van der Waals surface area contributed by atoms with Gasteiger partial charge in [-0.05, 0) is 31.0 Å². The van der Waals surface area contributed by atoms with Gasteiger partial charge < -0.3 is 15.7 Å². The second-order valence-corrected chi connectivity index (χ2v) is 3.88. The van der Waals surface area contributed by atoms with Crippen molar-refractivity contribution in [3.8, 4) is 0 Å². The Labute approximate surface area is 88.3 Å². The molecule has 2 rings (SSSR count). The second kappa shape index (κ2) is 4.06. The predicted molar refractivity (Wildman–Crippen MR) is 58.3 cm³/mol. The van der Waals surface area contributed by atoms with Gasteiger partial charge in [0.25, 0.3) is 0 Å². The maximum Gasteiger partial charge on any atom is 0.125 e. The largest absolute Gasteiger partial charge is 0.397 e. The third-order valence-corrected chi connectivity index (χ3v) is 2.89. The van der Waals surface area contributed by atoms with E-state index in [-0.39, 0.29) is 18.5 Å². The molecule has 4 heteroatoms. The molecule has 0 aliphatic carbocycles. The van der Waals surface area contributed by atoms with Gasteiger partial charge in [0.1, 0.15) is 5.82 Å². The summed E-state index contributed by atoms with van der Waals surface area (Å²) in [5, 5.41) is 9.18. The summed E-state index contributed by atoms with van der Waals surface area (Å²) in [4.78, 5) is 1.98. The smallest absolute Gasteiger partial charge is 0.125 e. The first-order valence-electron chi connectivity index (χ1n) is 5.15. The minimum atomic E-state index is -0.289. The minimum absolute atomic E-state index is 0.0779. The van der Waals surface area contributed by atoms with E-state index in [1.807, 2.05) is 4.90 Å². The number of nitrogens with zero attached hydrogens (tertiary/aromatic N) is 1. The van der Waals surface area contributed by atoms with E-state index < -0.39 is 0 Å². The predicted octanol–water partition coefficient (Wildman–Crippen LogP) is 1.37. The number of nitrogens with two attached hydrogens (primary N) is 1. The molecule has 0 amide bonds.